The van der Waals surface area contributed by atoms with Crippen LogP contribution in [0.15, 0.2) is 24.3 Å². The van der Waals surface area contributed by atoms with Crippen LogP contribution in [0.1, 0.15) is 18.4 Å². The number of sulfone groups is 1. The molecule has 0 saturated carbocycles. The molecule has 1 saturated heterocycles. The van der Waals surface area contributed by atoms with Gasteiger partial charge in [0.15, 0.2) is 9.84 Å². The van der Waals surface area contributed by atoms with Gasteiger partial charge in [0.2, 0.25) is 5.91 Å². The van der Waals surface area contributed by atoms with Gasteiger partial charge < -0.3 is 10.2 Å². The summed E-state index contributed by atoms with van der Waals surface area (Å²) in [5.41, 5.74) is 2.16. The van der Waals surface area contributed by atoms with E-state index in [0.717, 1.165) is 11.3 Å². The van der Waals surface area contributed by atoms with Crippen LogP contribution in [-0.2, 0) is 14.6 Å². The highest BCUT2D eigenvalue weighted by Gasteiger charge is 2.32. The standard InChI is InChI=1S/C15H22N2O3S/c1-12-5-3-4-6-14(12)16-9-7-15(18)17(2)13-8-10-21(19,20)11-13/h3-6,13,16H,7-11H2,1-2H3. The third kappa shape index (κ3) is 4.20. The maximum absolute atomic E-state index is 12.1. The Morgan fingerprint density at radius 3 is 2.71 bits per heavy atom. The van der Waals surface area contributed by atoms with E-state index in [1.807, 2.05) is 31.2 Å². The van der Waals surface area contributed by atoms with Gasteiger partial charge in [-0.1, -0.05) is 18.2 Å². The number of carbonyl (C=O) groups is 1. The average molecular weight is 310 g/mol. The zero-order chi connectivity index (χ0) is 15.5. The van der Waals surface area contributed by atoms with E-state index in [-0.39, 0.29) is 23.5 Å². The zero-order valence-electron chi connectivity index (χ0n) is 12.5. The normalized spacial score (nSPS) is 20.2. The fraction of sp³-hybridized carbons (Fsp3) is 0.533. The Morgan fingerprint density at radius 2 is 2.10 bits per heavy atom. The molecule has 0 aromatic heterocycles. The van der Waals surface area contributed by atoms with Gasteiger partial charge in [0, 0.05) is 31.7 Å². The fourth-order valence-corrected chi connectivity index (χ4v) is 4.31. The lowest BCUT2D eigenvalue weighted by Crippen LogP contribution is -2.38. The smallest absolute Gasteiger partial charge is 0.224 e. The van der Waals surface area contributed by atoms with Gasteiger partial charge in [-0.2, -0.15) is 0 Å². The second kappa shape index (κ2) is 6.47. The predicted octanol–water partition coefficient (Wildman–Crippen LogP) is 1.44. The summed E-state index contributed by atoms with van der Waals surface area (Å²) in [6, 6.07) is 7.75. The van der Waals surface area contributed by atoms with Gasteiger partial charge >= 0.3 is 0 Å². The highest BCUT2D eigenvalue weighted by Crippen LogP contribution is 2.17. The molecule has 1 fully saturated rings. The Bertz CT molecular complexity index is 613. The van der Waals surface area contributed by atoms with Crippen molar-refractivity contribution in [3.05, 3.63) is 29.8 Å². The summed E-state index contributed by atoms with van der Waals surface area (Å²) in [5.74, 6) is 0.273. The van der Waals surface area contributed by atoms with Crippen molar-refractivity contribution in [2.24, 2.45) is 0 Å². The maximum atomic E-state index is 12.1. The molecule has 21 heavy (non-hydrogen) atoms. The third-order valence-corrected chi connectivity index (χ3v) is 5.70. The lowest BCUT2D eigenvalue weighted by Gasteiger charge is -2.23. The lowest BCUT2D eigenvalue weighted by molar-refractivity contribution is -0.131. The van der Waals surface area contributed by atoms with Crippen LogP contribution < -0.4 is 5.32 Å². The van der Waals surface area contributed by atoms with E-state index in [1.165, 1.54) is 0 Å². The summed E-state index contributed by atoms with van der Waals surface area (Å²) in [7, 11) is -1.26. The van der Waals surface area contributed by atoms with E-state index in [2.05, 4.69) is 5.32 Å². The van der Waals surface area contributed by atoms with E-state index >= 15 is 0 Å². The maximum Gasteiger partial charge on any atom is 0.224 e. The molecule has 1 aromatic carbocycles. The molecular weight excluding hydrogens is 288 g/mol. The van der Waals surface area contributed by atoms with Gasteiger partial charge in [-0.25, -0.2) is 8.42 Å². The number of hydrogen-bond donors (Lipinski definition) is 1. The van der Waals surface area contributed by atoms with Crippen LogP contribution in [0.2, 0.25) is 0 Å². The van der Waals surface area contributed by atoms with E-state index in [9.17, 15) is 13.2 Å². The molecule has 0 radical (unpaired) electrons. The quantitative estimate of drug-likeness (QED) is 0.894. The summed E-state index contributed by atoms with van der Waals surface area (Å²) >= 11 is 0. The summed E-state index contributed by atoms with van der Waals surface area (Å²) in [4.78, 5) is 13.7. The average Bonchev–Trinajstić information content (AvgIpc) is 2.80. The van der Waals surface area contributed by atoms with Crippen LogP contribution in [0.4, 0.5) is 5.69 Å². The van der Waals surface area contributed by atoms with Crippen LogP contribution in [0.25, 0.3) is 0 Å². The molecule has 1 heterocycles. The first-order valence-corrected chi connectivity index (χ1v) is 8.97. The molecule has 0 aliphatic carbocycles. The molecule has 5 nitrogen and oxygen atoms in total. The first kappa shape index (κ1) is 15.8. The summed E-state index contributed by atoms with van der Waals surface area (Å²) in [6.45, 7) is 2.56. The SMILES string of the molecule is Cc1ccccc1NCCC(=O)N(C)C1CCS(=O)(=O)C1. The predicted molar refractivity (Wildman–Crippen MR) is 84.1 cm³/mol. The van der Waals surface area contributed by atoms with Crippen molar-refractivity contribution in [3.63, 3.8) is 0 Å². The first-order valence-electron chi connectivity index (χ1n) is 7.14. The molecule has 1 aliphatic rings. The Balaban J connectivity index is 1.81. The largest absolute Gasteiger partial charge is 0.384 e. The number of para-hydroxylation sites is 1. The number of rotatable bonds is 5. The molecule has 0 bridgehead atoms. The number of nitrogens with zero attached hydrogens (tertiary/aromatic N) is 1. The monoisotopic (exact) mass is 310 g/mol. The van der Waals surface area contributed by atoms with Crippen molar-refractivity contribution in [1.82, 2.24) is 4.90 Å². The highest BCUT2D eigenvalue weighted by molar-refractivity contribution is 7.91. The highest BCUT2D eigenvalue weighted by atomic mass is 32.2. The number of benzene rings is 1. The zero-order valence-corrected chi connectivity index (χ0v) is 13.3. The van der Waals surface area contributed by atoms with Crippen molar-refractivity contribution in [3.8, 4) is 0 Å². The van der Waals surface area contributed by atoms with Gasteiger partial charge in [0.1, 0.15) is 0 Å². The summed E-state index contributed by atoms with van der Waals surface area (Å²) in [5, 5.41) is 3.24. The van der Waals surface area contributed by atoms with Crippen molar-refractivity contribution < 1.29 is 13.2 Å². The Hall–Kier alpha value is -1.56. The van der Waals surface area contributed by atoms with Crippen molar-refractivity contribution >= 4 is 21.4 Å². The fourth-order valence-electron chi connectivity index (χ4n) is 2.54. The summed E-state index contributed by atoms with van der Waals surface area (Å²) in [6.07, 6.45) is 0.914. The minimum Gasteiger partial charge on any atom is -0.384 e. The van der Waals surface area contributed by atoms with Gasteiger partial charge in [-0.15, -0.1) is 0 Å². The van der Waals surface area contributed by atoms with E-state index in [1.54, 1.807) is 11.9 Å². The molecular formula is C15H22N2O3S. The van der Waals surface area contributed by atoms with Gasteiger partial charge in [0.25, 0.3) is 0 Å². The van der Waals surface area contributed by atoms with E-state index < -0.39 is 9.84 Å². The second-order valence-corrected chi connectivity index (χ2v) is 7.78. The molecule has 116 valence electrons. The third-order valence-electron chi connectivity index (χ3n) is 3.95. The molecule has 0 spiro atoms. The molecule has 1 atom stereocenters. The van der Waals surface area contributed by atoms with Crippen LogP contribution in [0.5, 0.6) is 0 Å². The minimum absolute atomic E-state index is 0.0156. The van der Waals surface area contributed by atoms with Gasteiger partial charge in [-0.05, 0) is 25.0 Å². The number of hydrogen-bond acceptors (Lipinski definition) is 4. The van der Waals surface area contributed by atoms with Gasteiger partial charge in [-0.3, -0.25) is 4.79 Å². The van der Waals surface area contributed by atoms with Crippen molar-refractivity contribution in [2.75, 3.05) is 30.4 Å². The lowest BCUT2D eigenvalue weighted by atomic mass is 10.2. The van der Waals surface area contributed by atoms with E-state index in [0.29, 0.717) is 19.4 Å². The van der Waals surface area contributed by atoms with Crippen LogP contribution in [0.3, 0.4) is 0 Å². The molecule has 1 aliphatic heterocycles. The Morgan fingerprint density at radius 1 is 1.38 bits per heavy atom. The van der Waals surface area contributed by atoms with Crippen LogP contribution in [0, 0.1) is 6.92 Å². The molecule has 1 amide bonds. The summed E-state index contributed by atoms with van der Waals surface area (Å²) < 4.78 is 22.9. The molecule has 1 unspecified atom stereocenters. The number of carbonyl (C=O) groups excluding carboxylic acids is 1. The Kier molecular flexibility index (Phi) is 4.88. The number of nitrogens with one attached hydrogen (secondary N) is 1. The topological polar surface area (TPSA) is 66.5 Å². The van der Waals surface area contributed by atoms with E-state index in [4.69, 9.17) is 0 Å². The Labute approximate surface area is 126 Å². The van der Waals surface area contributed by atoms with Gasteiger partial charge in [0.05, 0.1) is 11.5 Å². The molecule has 6 heteroatoms. The van der Waals surface area contributed by atoms with Crippen molar-refractivity contribution in [2.45, 2.75) is 25.8 Å². The number of anilines is 1. The van der Waals surface area contributed by atoms with Crippen LogP contribution in [-0.4, -0.2) is 50.4 Å². The molecule has 2 rings (SSSR count). The number of amides is 1. The minimum atomic E-state index is -2.95. The molecule has 1 N–H and O–H groups in total. The first-order chi connectivity index (χ1) is 9.89. The van der Waals surface area contributed by atoms with Crippen LogP contribution >= 0.6 is 0 Å². The van der Waals surface area contributed by atoms with Crippen molar-refractivity contribution in [1.29, 1.82) is 0 Å². The number of aryl methyl sites for hydroxylation is 1. The second-order valence-electron chi connectivity index (χ2n) is 5.55. The molecule has 1 aromatic rings.